The van der Waals surface area contributed by atoms with E-state index in [1.54, 1.807) is 31.8 Å². The average Bonchev–Trinajstić information content (AvgIpc) is 3.42. The number of carboxylic acids is 1. The summed E-state index contributed by atoms with van der Waals surface area (Å²) in [5.74, 6) is 7.43. The summed E-state index contributed by atoms with van der Waals surface area (Å²) in [6.45, 7) is 1.89. The molecule has 1 N–H and O–H groups in total. The fraction of sp³-hybridized carbons (Fsp3) is 0.333. The number of aliphatic carboxylic acids is 1. The SMILES string of the molecule is COc1ccc(C(C#CCN2CCCC(C(=O)O)C2)(c2ccc(OC)cc2)c2nccs2)cc1. The summed E-state index contributed by atoms with van der Waals surface area (Å²) >= 11 is 1.56. The zero-order valence-corrected chi connectivity index (χ0v) is 20.2. The normalized spacial score (nSPS) is 16.4. The topological polar surface area (TPSA) is 71.9 Å². The van der Waals surface area contributed by atoms with Crippen LogP contribution in [-0.4, -0.2) is 54.8 Å². The zero-order valence-electron chi connectivity index (χ0n) is 19.4. The molecule has 2 aromatic carbocycles. The number of carbonyl (C=O) groups is 1. The second-order valence-corrected chi connectivity index (χ2v) is 9.15. The van der Waals surface area contributed by atoms with Gasteiger partial charge in [0.05, 0.1) is 26.7 Å². The van der Waals surface area contributed by atoms with Gasteiger partial charge < -0.3 is 14.6 Å². The summed E-state index contributed by atoms with van der Waals surface area (Å²) in [6.07, 6.45) is 3.39. The molecule has 4 rings (SSSR count). The van der Waals surface area contributed by atoms with Crippen LogP contribution in [0.25, 0.3) is 0 Å². The standard InChI is InChI=1S/C27H28N2O4S/c1-32-23-10-6-21(7-11-23)27(26-28-15-18-34-26,22-8-12-24(33-2)13-9-22)14-4-17-29-16-3-5-20(19-29)25(30)31/h6-13,15,18,20H,3,5,16-17,19H2,1-2H3,(H,30,31). The highest BCUT2D eigenvalue weighted by Crippen LogP contribution is 2.41. The van der Waals surface area contributed by atoms with E-state index in [1.807, 2.05) is 53.9 Å². The number of carboxylic acid groups (broad SMARTS) is 1. The molecule has 176 valence electrons. The van der Waals surface area contributed by atoms with Gasteiger partial charge >= 0.3 is 5.97 Å². The van der Waals surface area contributed by atoms with E-state index in [2.05, 4.69) is 21.7 Å². The Morgan fingerprint density at radius 2 is 1.74 bits per heavy atom. The van der Waals surface area contributed by atoms with E-state index in [0.29, 0.717) is 13.1 Å². The van der Waals surface area contributed by atoms with Crippen LogP contribution in [0.15, 0.2) is 60.1 Å². The van der Waals surface area contributed by atoms with Crippen LogP contribution in [0.2, 0.25) is 0 Å². The van der Waals surface area contributed by atoms with Crippen molar-refractivity contribution in [3.63, 3.8) is 0 Å². The highest BCUT2D eigenvalue weighted by Gasteiger charge is 2.37. The molecule has 6 nitrogen and oxygen atoms in total. The number of hydrogen-bond donors (Lipinski definition) is 1. The van der Waals surface area contributed by atoms with Crippen LogP contribution >= 0.6 is 11.3 Å². The number of nitrogens with zero attached hydrogens (tertiary/aromatic N) is 2. The highest BCUT2D eigenvalue weighted by atomic mass is 32.1. The molecule has 2 heterocycles. The molecule has 1 atom stereocenters. The molecule has 1 aliphatic heterocycles. The van der Waals surface area contributed by atoms with Crippen molar-refractivity contribution < 1.29 is 19.4 Å². The number of likely N-dealkylation sites (tertiary alicyclic amines) is 1. The molecule has 0 aliphatic carbocycles. The molecule has 1 unspecified atom stereocenters. The Bertz CT molecular complexity index is 1100. The maximum absolute atomic E-state index is 11.5. The summed E-state index contributed by atoms with van der Waals surface area (Å²) in [5.41, 5.74) is 1.19. The third kappa shape index (κ3) is 4.93. The monoisotopic (exact) mass is 476 g/mol. The first kappa shape index (κ1) is 23.8. The number of ether oxygens (including phenoxy) is 2. The van der Waals surface area contributed by atoms with E-state index in [4.69, 9.17) is 9.47 Å². The zero-order chi connectivity index (χ0) is 24.0. The maximum atomic E-state index is 11.5. The van der Waals surface area contributed by atoms with Gasteiger partial charge in [-0.25, -0.2) is 4.98 Å². The minimum absolute atomic E-state index is 0.331. The fourth-order valence-electron chi connectivity index (χ4n) is 4.39. The molecule has 0 spiro atoms. The van der Waals surface area contributed by atoms with Crippen LogP contribution < -0.4 is 9.47 Å². The molecular formula is C27H28N2O4S. The number of benzene rings is 2. The molecule has 1 aromatic heterocycles. The number of piperidine rings is 1. The summed E-state index contributed by atoms with van der Waals surface area (Å²) in [7, 11) is 3.30. The summed E-state index contributed by atoms with van der Waals surface area (Å²) in [5, 5.41) is 12.3. The van der Waals surface area contributed by atoms with Crippen molar-refractivity contribution in [2.75, 3.05) is 33.9 Å². The Kier molecular flexibility index (Phi) is 7.51. The van der Waals surface area contributed by atoms with Crippen molar-refractivity contribution in [2.45, 2.75) is 18.3 Å². The number of hydrogen-bond acceptors (Lipinski definition) is 6. The lowest BCUT2D eigenvalue weighted by Crippen LogP contribution is -2.39. The minimum Gasteiger partial charge on any atom is -0.497 e. The third-order valence-electron chi connectivity index (χ3n) is 6.23. The number of rotatable bonds is 7. The molecule has 1 aliphatic rings. The highest BCUT2D eigenvalue weighted by molar-refractivity contribution is 7.09. The van der Waals surface area contributed by atoms with Gasteiger partial charge in [0.25, 0.3) is 0 Å². The molecule has 0 saturated carbocycles. The van der Waals surface area contributed by atoms with Crippen molar-refractivity contribution in [1.29, 1.82) is 0 Å². The molecule has 3 aromatic rings. The third-order valence-corrected chi connectivity index (χ3v) is 7.13. The van der Waals surface area contributed by atoms with Gasteiger partial charge in [-0.15, -0.1) is 11.3 Å². The predicted molar refractivity (Wildman–Crippen MR) is 133 cm³/mol. The first-order chi connectivity index (χ1) is 16.6. The van der Waals surface area contributed by atoms with Crippen LogP contribution in [0.3, 0.4) is 0 Å². The van der Waals surface area contributed by atoms with Crippen LogP contribution in [0.5, 0.6) is 11.5 Å². The van der Waals surface area contributed by atoms with E-state index in [0.717, 1.165) is 47.0 Å². The van der Waals surface area contributed by atoms with E-state index in [-0.39, 0.29) is 5.92 Å². The lowest BCUT2D eigenvalue weighted by atomic mass is 9.75. The van der Waals surface area contributed by atoms with Gasteiger partial charge in [0.1, 0.15) is 21.9 Å². The Hall–Kier alpha value is -3.34. The van der Waals surface area contributed by atoms with Gasteiger partial charge in [-0.2, -0.15) is 0 Å². The Labute approximate surface area is 204 Å². The molecule has 7 heteroatoms. The smallest absolute Gasteiger partial charge is 0.307 e. The van der Waals surface area contributed by atoms with E-state index < -0.39 is 11.4 Å². The Morgan fingerprint density at radius 1 is 1.12 bits per heavy atom. The van der Waals surface area contributed by atoms with Crippen molar-refractivity contribution in [2.24, 2.45) is 5.92 Å². The lowest BCUT2D eigenvalue weighted by molar-refractivity contribution is -0.143. The van der Waals surface area contributed by atoms with Gasteiger partial charge in [0.2, 0.25) is 0 Å². The van der Waals surface area contributed by atoms with Crippen molar-refractivity contribution >= 4 is 17.3 Å². The number of thiazole rings is 1. The number of methoxy groups -OCH3 is 2. The van der Waals surface area contributed by atoms with Crippen molar-refractivity contribution in [3.8, 4) is 23.3 Å². The molecule has 0 amide bonds. The second-order valence-electron chi connectivity index (χ2n) is 8.26. The van der Waals surface area contributed by atoms with Crippen LogP contribution in [0, 0.1) is 17.8 Å². The number of aromatic nitrogens is 1. The van der Waals surface area contributed by atoms with Gasteiger partial charge in [0, 0.05) is 18.1 Å². The molecular weight excluding hydrogens is 448 g/mol. The Morgan fingerprint density at radius 3 is 2.24 bits per heavy atom. The molecule has 34 heavy (non-hydrogen) atoms. The maximum Gasteiger partial charge on any atom is 0.307 e. The summed E-state index contributed by atoms with van der Waals surface area (Å²) in [4.78, 5) is 18.3. The summed E-state index contributed by atoms with van der Waals surface area (Å²) < 4.78 is 10.8. The van der Waals surface area contributed by atoms with Gasteiger partial charge in [-0.3, -0.25) is 9.69 Å². The van der Waals surface area contributed by atoms with Crippen molar-refractivity contribution in [3.05, 3.63) is 76.2 Å². The van der Waals surface area contributed by atoms with Crippen LogP contribution in [-0.2, 0) is 10.2 Å². The van der Waals surface area contributed by atoms with E-state index in [1.165, 1.54) is 0 Å². The van der Waals surface area contributed by atoms with E-state index in [9.17, 15) is 9.90 Å². The molecule has 0 radical (unpaired) electrons. The quantitative estimate of drug-likeness (QED) is 0.513. The Balaban J connectivity index is 1.78. The fourth-order valence-corrected chi connectivity index (χ4v) is 5.22. The van der Waals surface area contributed by atoms with E-state index >= 15 is 0 Å². The minimum atomic E-state index is -0.783. The largest absolute Gasteiger partial charge is 0.497 e. The van der Waals surface area contributed by atoms with Gasteiger partial charge in [0.15, 0.2) is 0 Å². The van der Waals surface area contributed by atoms with Gasteiger partial charge in [-0.05, 0) is 54.8 Å². The average molecular weight is 477 g/mol. The van der Waals surface area contributed by atoms with Gasteiger partial charge in [-0.1, -0.05) is 36.1 Å². The van der Waals surface area contributed by atoms with Crippen LogP contribution in [0.4, 0.5) is 0 Å². The predicted octanol–water partition coefficient (Wildman–Crippen LogP) is 4.29. The second kappa shape index (κ2) is 10.7. The van der Waals surface area contributed by atoms with Crippen LogP contribution in [0.1, 0.15) is 29.0 Å². The summed E-state index contributed by atoms with van der Waals surface area (Å²) in [6, 6.07) is 15.9. The molecule has 0 bridgehead atoms. The lowest BCUT2D eigenvalue weighted by Gasteiger charge is -2.30. The van der Waals surface area contributed by atoms with Crippen molar-refractivity contribution in [1.82, 2.24) is 9.88 Å². The molecule has 1 fully saturated rings. The first-order valence-corrected chi connectivity index (χ1v) is 12.1. The first-order valence-electron chi connectivity index (χ1n) is 11.2. The molecule has 1 saturated heterocycles.